The van der Waals surface area contributed by atoms with Crippen LogP contribution in [0.2, 0.25) is 10.2 Å². The Kier molecular flexibility index (Phi) is 4.38. The quantitative estimate of drug-likeness (QED) is 0.733. The molecule has 3 rings (SSSR count). The van der Waals surface area contributed by atoms with Crippen molar-refractivity contribution in [3.8, 4) is 16.9 Å². The Balaban J connectivity index is 2.22. The number of carboxylic acid groups (broad SMARTS) is 1. The average Bonchev–Trinajstić information content (AvgIpc) is 2.53. The van der Waals surface area contributed by atoms with Crippen LogP contribution in [0.5, 0.6) is 5.75 Å². The van der Waals surface area contributed by atoms with Gasteiger partial charge in [-0.15, -0.1) is 0 Å². The van der Waals surface area contributed by atoms with Gasteiger partial charge in [-0.3, -0.25) is 0 Å². The molecule has 0 fully saturated rings. The minimum Gasteiger partial charge on any atom is -0.478 e. The second-order valence-electron chi connectivity index (χ2n) is 5.32. The van der Waals surface area contributed by atoms with E-state index in [1.165, 1.54) is 12.3 Å². The van der Waals surface area contributed by atoms with Crippen LogP contribution in [0.15, 0.2) is 36.0 Å². The number of alkyl halides is 3. The number of fused-ring (bicyclic) bond motifs is 1. The summed E-state index contributed by atoms with van der Waals surface area (Å²) >= 11 is 12.1. The number of halogens is 5. The highest BCUT2D eigenvalue weighted by atomic mass is 35.5. The number of benzene rings is 1. The number of ether oxygens (including phenoxy) is 1. The molecule has 0 radical (unpaired) electrons. The van der Waals surface area contributed by atoms with Gasteiger partial charge < -0.3 is 14.9 Å². The number of carboxylic acids is 1. The Morgan fingerprint density at radius 2 is 1.92 bits per heavy atom. The van der Waals surface area contributed by atoms with Gasteiger partial charge in [-0.2, -0.15) is 13.2 Å². The molecule has 2 aromatic rings. The number of aromatic nitrogens is 1. The fraction of sp³-hybridized carbons (Fsp3) is 0.125. The molecule has 1 unspecified atom stereocenters. The summed E-state index contributed by atoms with van der Waals surface area (Å²) in [5.74, 6) is -6.39. The van der Waals surface area contributed by atoms with Crippen molar-refractivity contribution in [3.63, 3.8) is 0 Å². The summed E-state index contributed by atoms with van der Waals surface area (Å²) in [6, 6.07) is 5.44. The van der Waals surface area contributed by atoms with E-state index in [9.17, 15) is 23.1 Å². The summed E-state index contributed by atoms with van der Waals surface area (Å²) in [5, 5.41) is 19.1. The molecule has 0 saturated heterocycles. The minimum absolute atomic E-state index is 0.0370. The van der Waals surface area contributed by atoms with E-state index >= 15 is 0 Å². The van der Waals surface area contributed by atoms with Gasteiger partial charge in [0.25, 0.3) is 0 Å². The van der Waals surface area contributed by atoms with Gasteiger partial charge >= 0.3 is 17.9 Å². The molecule has 2 N–H and O–H groups in total. The van der Waals surface area contributed by atoms with Gasteiger partial charge in [0.1, 0.15) is 16.5 Å². The van der Waals surface area contributed by atoms with E-state index in [0.29, 0.717) is 11.6 Å². The highest BCUT2D eigenvalue weighted by Gasteiger charge is 2.63. The van der Waals surface area contributed by atoms with E-state index in [2.05, 4.69) is 9.72 Å². The van der Waals surface area contributed by atoms with Gasteiger partial charge in [-0.05, 0) is 30.3 Å². The Morgan fingerprint density at radius 3 is 2.50 bits per heavy atom. The number of carbonyl (C=O) groups is 1. The third-order valence-corrected chi connectivity index (χ3v) is 4.30. The first-order valence-corrected chi connectivity index (χ1v) is 7.68. The van der Waals surface area contributed by atoms with Crippen LogP contribution in [-0.2, 0) is 4.79 Å². The third kappa shape index (κ3) is 2.90. The largest absolute Gasteiger partial charge is 0.478 e. The smallest absolute Gasteiger partial charge is 0.460 e. The molecule has 1 aliphatic rings. The monoisotopic (exact) mass is 405 g/mol. The Morgan fingerprint density at radius 1 is 1.23 bits per heavy atom. The summed E-state index contributed by atoms with van der Waals surface area (Å²) in [7, 11) is 0. The highest BCUT2D eigenvalue weighted by molar-refractivity contribution is 6.36. The lowest BCUT2D eigenvalue weighted by atomic mass is 9.96. The maximum atomic E-state index is 13.3. The molecule has 0 aliphatic carbocycles. The summed E-state index contributed by atoms with van der Waals surface area (Å²) in [6.07, 6.45) is -3.31. The molecule has 1 aromatic heterocycles. The van der Waals surface area contributed by atoms with Crippen LogP contribution in [-0.4, -0.2) is 33.1 Å². The van der Waals surface area contributed by atoms with Crippen LogP contribution in [0.25, 0.3) is 17.2 Å². The predicted molar refractivity (Wildman–Crippen MR) is 86.9 cm³/mol. The first-order chi connectivity index (χ1) is 12.0. The number of aliphatic hydroxyl groups is 1. The Hall–Kier alpha value is -2.29. The summed E-state index contributed by atoms with van der Waals surface area (Å²) in [5.41, 5.74) is -0.875. The molecule has 0 spiro atoms. The number of pyridine rings is 1. The van der Waals surface area contributed by atoms with Crippen molar-refractivity contribution < 1.29 is 32.9 Å². The fourth-order valence-electron chi connectivity index (χ4n) is 2.45. The minimum atomic E-state index is -5.39. The predicted octanol–water partition coefficient (Wildman–Crippen LogP) is 4.17. The van der Waals surface area contributed by atoms with Gasteiger partial charge in [-0.25, -0.2) is 9.78 Å². The van der Waals surface area contributed by atoms with E-state index < -0.39 is 29.3 Å². The molecule has 136 valence electrons. The lowest BCUT2D eigenvalue weighted by molar-refractivity contribution is -0.316. The van der Waals surface area contributed by atoms with Crippen molar-refractivity contribution in [2.75, 3.05) is 0 Å². The molecular weight excluding hydrogens is 398 g/mol. The molecule has 0 saturated carbocycles. The number of aliphatic carboxylic acids is 1. The van der Waals surface area contributed by atoms with Gasteiger partial charge in [0, 0.05) is 27.9 Å². The van der Waals surface area contributed by atoms with Crippen LogP contribution in [0.1, 0.15) is 5.56 Å². The van der Waals surface area contributed by atoms with Crippen molar-refractivity contribution in [1.29, 1.82) is 0 Å². The zero-order valence-electron chi connectivity index (χ0n) is 12.5. The molecule has 1 aromatic carbocycles. The van der Waals surface area contributed by atoms with Crippen LogP contribution in [0.3, 0.4) is 0 Å². The van der Waals surface area contributed by atoms with Crippen molar-refractivity contribution in [1.82, 2.24) is 4.98 Å². The second-order valence-corrected chi connectivity index (χ2v) is 6.08. The van der Waals surface area contributed by atoms with E-state index in [1.807, 2.05) is 0 Å². The second kappa shape index (κ2) is 6.15. The fourth-order valence-corrected chi connectivity index (χ4v) is 2.94. The molecular formula is C16H8Cl2F3NO4. The van der Waals surface area contributed by atoms with Gasteiger partial charge in [0.05, 0.1) is 0 Å². The molecule has 2 heterocycles. The standard InChI is InChI=1S/C16H8Cl2F3NO4/c17-11-5-7-4-10(14(23)24)15(25,16(19,20)21)26-12(7)6-9(11)8-2-1-3-22-13(8)18/h1-6,25H,(H,23,24). The molecule has 0 bridgehead atoms. The topological polar surface area (TPSA) is 79.7 Å². The van der Waals surface area contributed by atoms with E-state index in [1.54, 1.807) is 12.1 Å². The zero-order valence-corrected chi connectivity index (χ0v) is 14.0. The molecule has 1 atom stereocenters. The van der Waals surface area contributed by atoms with Crippen LogP contribution >= 0.6 is 23.2 Å². The number of hydrogen-bond acceptors (Lipinski definition) is 4. The molecule has 10 heteroatoms. The first kappa shape index (κ1) is 18.5. The van der Waals surface area contributed by atoms with Gasteiger partial charge in [0.15, 0.2) is 0 Å². The highest BCUT2D eigenvalue weighted by Crippen LogP contribution is 2.46. The van der Waals surface area contributed by atoms with Crippen molar-refractivity contribution in [2.45, 2.75) is 12.0 Å². The van der Waals surface area contributed by atoms with Crippen molar-refractivity contribution >= 4 is 35.2 Å². The van der Waals surface area contributed by atoms with E-state index in [-0.39, 0.29) is 21.3 Å². The molecule has 1 aliphatic heterocycles. The lowest BCUT2D eigenvalue weighted by Gasteiger charge is -2.34. The summed E-state index contributed by atoms with van der Waals surface area (Å²) < 4.78 is 44.5. The van der Waals surface area contributed by atoms with E-state index in [4.69, 9.17) is 28.3 Å². The number of hydrogen-bond donors (Lipinski definition) is 2. The van der Waals surface area contributed by atoms with Crippen LogP contribution < -0.4 is 4.74 Å². The summed E-state index contributed by atoms with van der Waals surface area (Å²) in [4.78, 5) is 15.0. The van der Waals surface area contributed by atoms with Gasteiger partial charge in [-0.1, -0.05) is 23.2 Å². The van der Waals surface area contributed by atoms with Crippen LogP contribution in [0, 0.1) is 0 Å². The third-order valence-electron chi connectivity index (χ3n) is 3.69. The maximum Gasteiger partial charge on any atom is 0.460 e. The zero-order chi connectivity index (χ0) is 19.3. The van der Waals surface area contributed by atoms with Crippen LogP contribution in [0.4, 0.5) is 13.2 Å². The first-order valence-electron chi connectivity index (χ1n) is 6.92. The van der Waals surface area contributed by atoms with Crippen molar-refractivity contribution in [3.05, 3.63) is 51.8 Å². The van der Waals surface area contributed by atoms with Gasteiger partial charge in [0.2, 0.25) is 0 Å². The van der Waals surface area contributed by atoms with Crippen molar-refractivity contribution in [2.24, 2.45) is 0 Å². The Bertz CT molecular complexity index is 946. The average molecular weight is 406 g/mol. The molecule has 26 heavy (non-hydrogen) atoms. The van der Waals surface area contributed by atoms with E-state index in [0.717, 1.165) is 6.07 Å². The summed E-state index contributed by atoms with van der Waals surface area (Å²) in [6.45, 7) is 0. The lowest BCUT2D eigenvalue weighted by Crippen LogP contribution is -2.54. The number of rotatable bonds is 2. The normalized spacial score (nSPS) is 19.4. The molecule has 5 nitrogen and oxygen atoms in total. The number of nitrogens with zero attached hydrogens (tertiary/aromatic N) is 1. The molecule has 0 amide bonds. The maximum absolute atomic E-state index is 13.3. The SMILES string of the molecule is O=C(O)C1=Cc2cc(Cl)c(-c3cccnc3Cl)cc2OC1(O)C(F)(F)F. The Labute approximate surface area is 154 Å².